The third-order valence-corrected chi connectivity index (χ3v) is 22.3. The molecular weight excluding hydrogens is 479 g/mol. The van der Waals surface area contributed by atoms with Gasteiger partial charge in [0.2, 0.25) is 0 Å². The van der Waals surface area contributed by atoms with Gasteiger partial charge in [0.1, 0.15) is 0 Å². The van der Waals surface area contributed by atoms with Crippen LogP contribution in [0.5, 0.6) is 0 Å². The molecule has 0 nitrogen and oxygen atoms in total. The monoisotopic (exact) mass is 518 g/mol. The van der Waals surface area contributed by atoms with Crippen LogP contribution >= 0.6 is 0 Å². The molecule has 0 bridgehead atoms. The number of hydrogen-bond donors (Lipinski definition) is 0. The molecular formula is C30H38Sn. The second-order valence-electron chi connectivity index (χ2n) is 8.92. The Balaban J connectivity index is 2.21. The number of rotatable bonds is 10. The van der Waals surface area contributed by atoms with Gasteiger partial charge in [-0.3, -0.25) is 0 Å². The van der Waals surface area contributed by atoms with Crippen LogP contribution in [0, 0.1) is 11.8 Å². The van der Waals surface area contributed by atoms with E-state index in [0.717, 1.165) is 5.56 Å². The molecule has 0 fully saturated rings. The van der Waals surface area contributed by atoms with Crippen molar-refractivity contribution in [1.29, 1.82) is 0 Å². The topological polar surface area (TPSA) is 0 Å². The maximum absolute atomic E-state index is 3.71. The number of fused-ring (bicyclic) bond motifs is 1. The van der Waals surface area contributed by atoms with Crippen LogP contribution in [0.2, 0.25) is 13.3 Å². The summed E-state index contributed by atoms with van der Waals surface area (Å²) in [6.45, 7) is 7.06. The van der Waals surface area contributed by atoms with Crippen molar-refractivity contribution in [1.82, 2.24) is 0 Å². The van der Waals surface area contributed by atoms with Crippen molar-refractivity contribution in [2.75, 3.05) is 0 Å². The molecule has 162 valence electrons. The van der Waals surface area contributed by atoms with Crippen LogP contribution in [0.1, 0.15) is 70.4 Å². The summed E-state index contributed by atoms with van der Waals surface area (Å²) in [4.78, 5) is 0. The molecule has 0 aliphatic rings. The van der Waals surface area contributed by atoms with Gasteiger partial charge < -0.3 is 0 Å². The van der Waals surface area contributed by atoms with E-state index < -0.39 is 18.4 Å². The molecule has 3 rings (SSSR count). The minimum absolute atomic E-state index is 1.11. The van der Waals surface area contributed by atoms with Crippen LogP contribution in [-0.2, 0) is 0 Å². The summed E-state index contributed by atoms with van der Waals surface area (Å²) < 4.78 is 6.13. The first kappa shape index (κ1) is 23.9. The van der Waals surface area contributed by atoms with Crippen LogP contribution < -0.4 is 3.58 Å². The first-order chi connectivity index (χ1) is 15.2. The predicted molar refractivity (Wildman–Crippen MR) is 141 cm³/mol. The summed E-state index contributed by atoms with van der Waals surface area (Å²) >= 11 is -2.59. The van der Waals surface area contributed by atoms with Gasteiger partial charge >= 0.3 is 195 Å². The zero-order chi connectivity index (χ0) is 21.9. The van der Waals surface area contributed by atoms with Crippen LogP contribution in [0.15, 0.2) is 66.7 Å². The Hall–Kier alpha value is -1.72. The van der Waals surface area contributed by atoms with Gasteiger partial charge in [-0.1, -0.05) is 0 Å². The minimum atomic E-state index is -2.59. The molecule has 3 aromatic rings. The zero-order valence-corrected chi connectivity index (χ0v) is 22.6. The molecule has 0 spiro atoms. The molecule has 0 aromatic heterocycles. The quantitative estimate of drug-likeness (QED) is 0.188. The molecule has 31 heavy (non-hydrogen) atoms. The zero-order valence-electron chi connectivity index (χ0n) is 19.7. The SMILES string of the molecule is CCC[CH2][Sn]([CH2]CCC)([CH2]CCC)[c]1ccc2ccccc2c1C#Cc1ccccc1. The molecule has 1 heteroatoms. The third kappa shape index (κ3) is 6.17. The molecule has 0 saturated carbocycles. The molecule has 0 aliphatic carbocycles. The molecule has 0 atom stereocenters. The van der Waals surface area contributed by atoms with E-state index in [9.17, 15) is 0 Å². The second kappa shape index (κ2) is 12.3. The molecule has 3 aromatic carbocycles. The Morgan fingerprint density at radius 1 is 0.613 bits per heavy atom. The van der Waals surface area contributed by atoms with Gasteiger partial charge in [-0.25, -0.2) is 0 Å². The summed E-state index contributed by atoms with van der Waals surface area (Å²) in [6, 6.07) is 24.2. The van der Waals surface area contributed by atoms with Gasteiger partial charge in [-0.2, -0.15) is 0 Å². The van der Waals surface area contributed by atoms with Crippen molar-refractivity contribution in [2.45, 2.75) is 72.6 Å². The fraction of sp³-hybridized carbons (Fsp3) is 0.400. The van der Waals surface area contributed by atoms with Crippen LogP contribution in [0.3, 0.4) is 0 Å². The average Bonchev–Trinajstić information content (AvgIpc) is 2.83. The summed E-state index contributed by atoms with van der Waals surface area (Å²) in [5, 5.41) is 2.68. The standard InChI is InChI=1S/C18H11.3C4H9.Sn/c1-2-7-15(8-3-1)13-14-17-11-6-10-16-9-4-5-12-18(16)17;3*1-3-4-2;/h1-10,12H;3*1,3-4H2,2H3;. The van der Waals surface area contributed by atoms with Crippen molar-refractivity contribution in [3.8, 4) is 11.8 Å². The maximum atomic E-state index is 3.71. The van der Waals surface area contributed by atoms with Crippen LogP contribution in [0.25, 0.3) is 10.8 Å². The van der Waals surface area contributed by atoms with Crippen molar-refractivity contribution in [2.24, 2.45) is 0 Å². The van der Waals surface area contributed by atoms with E-state index in [-0.39, 0.29) is 0 Å². The van der Waals surface area contributed by atoms with Gasteiger partial charge in [0, 0.05) is 0 Å². The van der Waals surface area contributed by atoms with Crippen molar-refractivity contribution < 1.29 is 0 Å². The van der Waals surface area contributed by atoms with E-state index in [1.807, 2.05) is 0 Å². The molecule has 0 heterocycles. The molecule has 0 radical (unpaired) electrons. The fourth-order valence-electron chi connectivity index (χ4n) is 4.83. The summed E-state index contributed by atoms with van der Waals surface area (Å²) in [7, 11) is 0. The van der Waals surface area contributed by atoms with Crippen molar-refractivity contribution in [3.05, 3.63) is 77.9 Å². The molecule has 0 aliphatic heterocycles. The Kier molecular flexibility index (Phi) is 9.53. The Morgan fingerprint density at radius 3 is 1.81 bits per heavy atom. The van der Waals surface area contributed by atoms with E-state index in [1.54, 1.807) is 3.58 Å². The Bertz CT molecular complexity index is 985. The van der Waals surface area contributed by atoms with Crippen molar-refractivity contribution >= 4 is 32.7 Å². The van der Waals surface area contributed by atoms with E-state index >= 15 is 0 Å². The summed E-state index contributed by atoms with van der Waals surface area (Å²) in [5.41, 5.74) is 2.46. The average molecular weight is 517 g/mol. The Labute approximate surface area is 194 Å². The van der Waals surface area contributed by atoms with Gasteiger partial charge in [0.05, 0.1) is 0 Å². The molecule has 0 N–H and O–H groups in total. The molecule has 0 amide bonds. The van der Waals surface area contributed by atoms with Gasteiger partial charge in [-0.15, -0.1) is 0 Å². The third-order valence-electron chi connectivity index (χ3n) is 6.63. The second-order valence-corrected chi connectivity index (χ2v) is 22.0. The van der Waals surface area contributed by atoms with Crippen LogP contribution in [-0.4, -0.2) is 18.4 Å². The van der Waals surface area contributed by atoms with E-state index in [2.05, 4.69) is 99.3 Å². The van der Waals surface area contributed by atoms with E-state index in [1.165, 1.54) is 68.2 Å². The Morgan fingerprint density at radius 2 is 1.19 bits per heavy atom. The first-order valence-corrected chi connectivity index (χ1v) is 19.8. The van der Waals surface area contributed by atoms with E-state index in [0.29, 0.717) is 0 Å². The number of hydrogen-bond acceptors (Lipinski definition) is 0. The van der Waals surface area contributed by atoms with Crippen molar-refractivity contribution in [3.63, 3.8) is 0 Å². The predicted octanol–water partition coefficient (Wildman–Crippen LogP) is 8.30. The molecule has 0 unspecified atom stereocenters. The number of benzene rings is 3. The van der Waals surface area contributed by atoms with E-state index in [4.69, 9.17) is 0 Å². The van der Waals surface area contributed by atoms with Gasteiger partial charge in [-0.05, 0) is 0 Å². The first-order valence-electron chi connectivity index (χ1n) is 12.3. The normalized spacial score (nSPS) is 11.3. The summed E-state index contributed by atoms with van der Waals surface area (Å²) in [6.07, 6.45) is 8.03. The summed E-state index contributed by atoms with van der Waals surface area (Å²) in [5.74, 6) is 7.23. The van der Waals surface area contributed by atoms with Gasteiger partial charge in [0.25, 0.3) is 0 Å². The molecule has 0 saturated heterocycles. The van der Waals surface area contributed by atoms with Crippen LogP contribution in [0.4, 0.5) is 0 Å². The van der Waals surface area contributed by atoms with Gasteiger partial charge in [0.15, 0.2) is 0 Å². The fourth-order valence-corrected chi connectivity index (χ4v) is 21.4. The number of unbranched alkanes of at least 4 members (excludes halogenated alkanes) is 3.